The molecule has 2 N–H and O–H groups in total. The van der Waals surface area contributed by atoms with Crippen molar-refractivity contribution in [3.05, 3.63) is 54.1 Å². The SMILES string of the molecule is CC(C)(C)c1ccccc1OCC(=O)N1CCC(C(=O)Nc2ccccc2O)CC1. The second-order valence-electron chi connectivity index (χ2n) is 8.70. The van der Waals surface area contributed by atoms with E-state index in [4.69, 9.17) is 4.74 Å². The number of carbonyl (C=O) groups is 2. The molecule has 0 aromatic heterocycles. The van der Waals surface area contributed by atoms with Crippen molar-refractivity contribution in [2.75, 3.05) is 25.0 Å². The third-order valence-corrected chi connectivity index (χ3v) is 5.43. The first-order valence-corrected chi connectivity index (χ1v) is 10.3. The molecular formula is C24H30N2O4. The van der Waals surface area contributed by atoms with Gasteiger partial charge in [0, 0.05) is 19.0 Å². The van der Waals surface area contributed by atoms with E-state index in [1.807, 2.05) is 24.3 Å². The second kappa shape index (κ2) is 9.20. The molecule has 1 aliphatic heterocycles. The number of piperidine rings is 1. The number of benzene rings is 2. The molecule has 6 nitrogen and oxygen atoms in total. The van der Waals surface area contributed by atoms with Gasteiger partial charge in [-0.25, -0.2) is 0 Å². The Hall–Kier alpha value is -3.02. The number of anilines is 1. The van der Waals surface area contributed by atoms with Crippen LogP contribution in [0.4, 0.5) is 5.69 Å². The van der Waals surface area contributed by atoms with Crippen LogP contribution >= 0.6 is 0 Å². The number of hydrogen-bond acceptors (Lipinski definition) is 4. The first-order chi connectivity index (χ1) is 14.3. The monoisotopic (exact) mass is 410 g/mol. The van der Waals surface area contributed by atoms with Gasteiger partial charge in [-0.15, -0.1) is 0 Å². The van der Waals surface area contributed by atoms with Crippen molar-refractivity contribution in [2.24, 2.45) is 5.92 Å². The van der Waals surface area contributed by atoms with E-state index < -0.39 is 0 Å². The van der Waals surface area contributed by atoms with Crippen molar-refractivity contribution < 1.29 is 19.4 Å². The molecule has 2 aromatic rings. The molecule has 0 radical (unpaired) electrons. The summed E-state index contributed by atoms with van der Waals surface area (Å²) in [6.07, 6.45) is 1.17. The van der Waals surface area contributed by atoms with Gasteiger partial charge in [0.25, 0.3) is 5.91 Å². The van der Waals surface area contributed by atoms with Crippen LogP contribution in [-0.2, 0) is 15.0 Å². The smallest absolute Gasteiger partial charge is 0.260 e. The van der Waals surface area contributed by atoms with Crippen LogP contribution in [0.25, 0.3) is 0 Å². The van der Waals surface area contributed by atoms with Gasteiger partial charge in [0.1, 0.15) is 11.5 Å². The van der Waals surface area contributed by atoms with E-state index >= 15 is 0 Å². The van der Waals surface area contributed by atoms with Gasteiger partial charge in [0.15, 0.2) is 6.61 Å². The summed E-state index contributed by atoms with van der Waals surface area (Å²) < 4.78 is 5.85. The molecule has 0 unspecified atom stereocenters. The molecule has 30 heavy (non-hydrogen) atoms. The minimum Gasteiger partial charge on any atom is -0.506 e. The normalized spacial score (nSPS) is 15.0. The number of carbonyl (C=O) groups excluding carboxylic acids is 2. The molecular weight excluding hydrogens is 380 g/mol. The van der Waals surface area contributed by atoms with Gasteiger partial charge in [-0.05, 0) is 42.0 Å². The molecule has 0 atom stereocenters. The number of phenols is 1. The molecule has 1 saturated heterocycles. The zero-order valence-corrected chi connectivity index (χ0v) is 17.9. The molecule has 3 rings (SSSR count). The quantitative estimate of drug-likeness (QED) is 0.732. The van der Waals surface area contributed by atoms with E-state index in [9.17, 15) is 14.7 Å². The Kier molecular flexibility index (Phi) is 6.65. The third kappa shape index (κ3) is 5.32. The van der Waals surface area contributed by atoms with Crippen molar-refractivity contribution >= 4 is 17.5 Å². The Labute approximate surface area is 177 Å². The molecule has 2 amide bonds. The lowest BCUT2D eigenvalue weighted by molar-refractivity contribution is -0.136. The summed E-state index contributed by atoms with van der Waals surface area (Å²) in [4.78, 5) is 26.9. The maximum Gasteiger partial charge on any atom is 0.260 e. The van der Waals surface area contributed by atoms with E-state index in [1.54, 1.807) is 23.1 Å². The second-order valence-corrected chi connectivity index (χ2v) is 8.70. The van der Waals surface area contributed by atoms with Crippen LogP contribution in [0, 0.1) is 5.92 Å². The maximum absolute atomic E-state index is 12.6. The highest BCUT2D eigenvalue weighted by molar-refractivity contribution is 5.94. The zero-order chi connectivity index (χ0) is 21.7. The van der Waals surface area contributed by atoms with E-state index in [1.165, 1.54) is 6.07 Å². The largest absolute Gasteiger partial charge is 0.506 e. The Balaban J connectivity index is 1.50. The molecule has 1 fully saturated rings. The third-order valence-electron chi connectivity index (χ3n) is 5.43. The van der Waals surface area contributed by atoms with Crippen LogP contribution in [-0.4, -0.2) is 41.5 Å². The fraction of sp³-hybridized carbons (Fsp3) is 0.417. The fourth-order valence-electron chi connectivity index (χ4n) is 3.65. The molecule has 0 spiro atoms. The number of para-hydroxylation sites is 3. The minimum absolute atomic E-state index is 0.0121. The van der Waals surface area contributed by atoms with E-state index in [0.717, 1.165) is 11.3 Å². The molecule has 160 valence electrons. The van der Waals surface area contributed by atoms with E-state index in [-0.39, 0.29) is 35.5 Å². The number of amides is 2. The van der Waals surface area contributed by atoms with Gasteiger partial charge in [-0.3, -0.25) is 9.59 Å². The van der Waals surface area contributed by atoms with Crippen LogP contribution in [0.3, 0.4) is 0 Å². The first-order valence-electron chi connectivity index (χ1n) is 10.3. The van der Waals surface area contributed by atoms with Crippen LogP contribution in [0.2, 0.25) is 0 Å². The highest BCUT2D eigenvalue weighted by Gasteiger charge is 2.28. The van der Waals surface area contributed by atoms with E-state index in [0.29, 0.717) is 31.6 Å². The van der Waals surface area contributed by atoms with Crippen LogP contribution in [0.1, 0.15) is 39.2 Å². The number of likely N-dealkylation sites (tertiary alicyclic amines) is 1. The summed E-state index contributed by atoms with van der Waals surface area (Å²) >= 11 is 0. The predicted octanol–water partition coefficient (Wildman–Crippen LogP) is 3.95. The number of nitrogens with one attached hydrogen (secondary N) is 1. The zero-order valence-electron chi connectivity index (χ0n) is 17.9. The van der Waals surface area contributed by atoms with Crippen LogP contribution < -0.4 is 10.1 Å². The molecule has 0 bridgehead atoms. The predicted molar refractivity (Wildman–Crippen MR) is 117 cm³/mol. The lowest BCUT2D eigenvalue weighted by Gasteiger charge is -2.31. The number of aromatic hydroxyl groups is 1. The van der Waals surface area contributed by atoms with Gasteiger partial charge < -0.3 is 20.1 Å². The lowest BCUT2D eigenvalue weighted by Crippen LogP contribution is -2.43. The van der Waals surface area contributed by atoms with Crippen LogP contribution in [0.15, 0.2) is 48.5 Å². The molecule has 0 aliphatic carbocycles. The maximum atomic E-state index is 12.6. The number of ether oxygens (including phenoxy) is 1. The van der Waals surface area contributed by atoms with Crippen molar-refractivity contribution in [1.29, 1.82) is 0 Å². The topological polar surface area (TPSA) is 78.9 Å². The Morgan fingerprint density at radius 3 is 2.37 bits per heavy atom. The minimum atomic E-state index is -0.184. The summed E-state index contributed by atoms with van der Waals surface area (Å²) in [6.45, 7) is 7.36. The van der Waals surface area contributed by atoms with Gasteiger partial charge in [-0.1, -0.05) is 51.1 Å². The standard InChI is InChI=1S/C24H30N2O4/c1-24(2,3)18-8-4-7-11-21(18)30-16-22(28)26-14-12-17(13-15-26)23(29)25-19-9-5-6-10-20(19)27/h4-11,17,27H,12-16H2,1-3H3,(H,25,29). The lowest BCUT2D eigenvalue weighted by atomic mass is 9.86. The Morgan fingerprint density at radius 2 is 1.70 bits per heavy atom. The summed E-state index contributed by atoms with van der Waals surface area (Å²) in [5.41, 5.74) is 1.41. The Bertz CT molecular complexity index is 896. The summed E-state index contributed by atoms with van der Waals surface area (Å²) in [6, 6.07) is 14.5. The average molecular weight is 411 g/mol. The highest BCUT2D eigenvalue weighted by atomic mass is 16.5. The van der Waals surface area contributed by atoms with Crippen LogP contribution in [0.5, 0.6) is 11.5 Å². The molecule has 1 heterocycles. The van der Waals surface area contributed by atoms with E-state index in [2.05, 4.69) is 26.1 Å². The molecule has 2 aromatic carbocycles. The summed E-state index contributed by atoms with van der Waals surface area (Å²) in [7, 11) is 0. The molecule has 1 aliphatic rings. The molecule has 0 saturated carbocycles. The van der Waals surface area contributed by atoms with Gasteiger partial charge in [0.05, 0.1) is 5.69 Å². The first kappa shape index (κ1) is 21.7. The number of phenolic OH excluding ortho intramolecular Hbond substituents is 1. The number of nitrogens with zero attached hydrogens (tertiary/aromatic N) is 1. The van der Waals surface area contributed by atoms with Crippen molar-refractivity contribution in [3.8, 4) is 11.5 Å². The van der Waals surface area contributed by atoms with Gasteiger partial charge in [0.2, 0.25) is 5.91 Å². The number of rotatable bonds is 5. The van der Waals surface area contributed by atoms with Crippen molar-refractivity contribution in [1.82, 2.24) is 4.90 Å². The summed E-state index contributed by atoms with van der Waals surface area (Å²) in [5.74, 6) is 0.398. The number of hydrogen-bond donors (Lipinski definition) is 2. The van der Waals surface area contributed by atoms with Crippen molar-refractivity contribution in [3.63, 3.8) is 0 Å². The summed E-state index contributed by atoms with van der Waals surface area (Å²) in [5, 5.41) is 12.6. The van der Waals surface area contributed by atoms with Gasteiger partial charge in [-0.2, -0.15) is 0 Å². The molecule has 6 heteroatoms. The Morgan fingerprint density at radius 1 is 1.07 bits per heavy atom. The van der Waals surface area contributed by atoms with Crippen molar-refractivity contribution in [2.45, 2.75) is 39.0 Å². The average Bonchev–Trinajstić information content (AvgIpc) is 2.73. The fourth-order valence-corrected chi connectivity index (χ4v) is 3.65. The van der Waals surface area contributed by atoms with Gasteiger partial charge >= 0.3 is 0 Å². The highest BCUT2D eigenvalue weighted by Crippen LogP contribution is 2.31.